The zero-order valence-corrected chi connectivity index (χ0v) is 24.9. The molecule has 4 amide bonds. The highest BCUT2D eigenvalue weighted by atomic mass is 19.4. The van der Waals surface area contributed by atoms with Crippen LogP contribution in [-0.4, -0.2) is 79.0 Å². The van der Waals surface area contributed by atoms with Crippen LogP contribution in [0.15, 0.2) is 42.5 Å². The van der Waals surface area contributed by atoms with Crippen LogP contribution in [0.2, 0.25) is 0 Å². The summed E-state index contributed by atoms with van der Waals surface area (Å²) in [6, 6.07) is 5.03. The number of urea groups is 1. The maximum atomic E-state index is 13.8. The summed E-state index contributed by atoms with van der Waals surface area (Å²) in [7, 11) is 2.49. The van der Waals surface area contributed by atoms with E-state index in [9.17, 15) is 45.1 Å². The minimum Gasteiger partial charge on any atom is -0.343 e. The van der Waals surface area contributed by atoms with Crippen molar-refractivity contribution in [2.45, 2.75) is 50.5 Å². The van der Waals surface area contributed by atoms with E-state index >= 15 is 0 Å². The van der Waals surface area contributed by atoms with E-state index in [1.54, 1.807) is 9.91 Å². The molecule has 0 bridgehead atoms. The van der Waals surface area contributed by atoms with Gasteiger partial charge < -0.3 is 9.80 Å². The summed E-state index contributed by atoms with van der Waals surface area (Å²) in [5.41, 5.74) is -0.150. The number of nitrogens with one attached hydrogen (secondary N) is 1. The quantitative estimate of drug-likeness (QED) is 0.436. The van der Waals surface area contributed by atoms with E-state index in [-0.39, 0.29) is 43.3 Å². The first-order chi connectivity index (χ1) is 21.0. The van der Waals surface area contributed by atoms with Gasteiger partial charge in [-0.25, -0.2) is 14.2 Å². The van der Waals surface area contributed by atoms with E-state index < -0.39 is 53.0 Å². The average Bonchev–Trinajstić information content (AvgIpc) is 2.99. The van der Waals surface area contributed by atoms with Gasteiger partial charge in [-0.2, -0.15) is 26.3 Å². The maximum absolute atomic E-state index is 13.8. The summed E-state index contributed by atoms with van der Waals surface area (Å²) in [6.07, 6.45) is -8.89. The highest BCUT2D eigenvalue weighted by Crippen LogP contribution is 2.39. The zero-order chi connectivity index (χ0) is 33.3. The zero-order valence-electron chi connectivity index (χ0n) is 24.9. The Kier molecular flexibility index (Phi) is 10.00. The second-order valence-electron chi connectivity index (χ2n) is 11.4. The number of nitrogens with zero attached hydrogens (tertiary/aromatic N) is 4. The number of likely N-dealkylation sites (N-methyl/N-ethyl adjacent to an activating group) is 1. The molecule has 8 nitrogen and oxygen atoms in total. The minimum atomic E-state index is -5.08. The Morgan fingerprint density at radius 1 is 0.844 bits per heavy atom. The van der Waals surface area contributed by atoms with Crippen molar-refractivity contribution in [2.75, 3.05) is 45.2 Å². The Labute approximate surface area is 255 Å². The normalized spacial score (nSPS) is 20.1. The van der Waals surface area contributed by atoms with E-state index in [1.165, 1.54) is 43.1 Å². The predicted octanol–water partition coefficient (Wildman–Crippen LogP) is 5.50. The fourth-order valence-corrected chi connectivity index (χ4v) is 5.87. The standard InChI is InChI=1S/C30H34F7N5O3/c1-18(43)41-11-8-20(9-12-41)27(44)38-42-13-10-26(25(17-42)19-4-6-23(31)7-5-19)40(3)28(45)39(2)24-15-21(29(32,33)34)14-22(16-24)30(35,36)37/h4-7,14-16,20,25-26H,8-13,17H2,1-3H3,(H,38,44). The van der Waals surface area contributed by atoms with Gasteiger partial charge >= 0.3 is 18.4 Å². The van der Waals surface area contributed by atoms with Crippen molar-refractivity contribution in [3.63, 3.8) is 0 Å². The van der Waals surface area contributed by atoms with Crippen LogP contribution in [0.1, 0.15) is 48.8 Å². The molecule has 4 rings (SSSR count). The molecule has 0 saturated carbocycles. The van der Waals surface area contributed by atoms with Gasteiger partial charge in [0.1, 0.15) is 5.82 Å². The third kappa shape index (κ3) is 8.05. The predicted molar refractivity (Wildman–Crippen MR) is 150 cm³/mol. The van der Waals surface area contributed by atoms with Crippen molar-refractivity contribution >= 4 is 23.5 Å². The number of halogens is 7. The minimum absolute atomic E-state index is 0.00718. The molecule has 2 unspecified atom stereocenters. The van der Waals surface area contributed by atoms with Crippen molar-refractivity contribution in [1.82, 2.24) is 20.2 Å². The number of alkyl halides is 6. The van der Waals surface area contributed by atoms with Crippen molar-refractivity contribution < 1.29 is 45.1 Å². The van der Waals surface area contributed by atoms with Crippen LogP contribution in [0.4, 0.5) is 41.2 Å². The molecule has 15 heteroatoms. The molecule has 1 N–H and O–H groups in total. The number of carbonyl (C=O) groups is 3. The Balaban J connectivity index is 1.54. The molecule has 2 aromatic carbocycles. The van der Waals surface area contributed by atoms with Crippen molar-refractivity contribution in [1.29, 1.82) is 0 Å². The summed E-state index contributed by atoms with van der Waals surface area (Å²) in [5.74, 6) is -1.59. The highest BCUT2D eigenvalue weighted by molar-refractivity contribution is 5.92. The first kappa shape index (κ1) is 34.0. The van der Waals surface area contributed by atoms with Gasteiger partial charge in [0.25, 0.3) is 0 Å². The van der Waals surface area contributed by atoms with Crippen LogP contribution in [0.5, 0.6) is 0 Å². The van der Waals surface area contributed by atoms with Crippen LogP contribution in [0.25, 0.3) is 0 Å². The van der Waals surface area contributed by atoms with E-state index in [1.807, 2.05) is 0 Å². The molecule has 2 fully saturated rings. The van der Waals surface area contributed by atoms with Crippen LogP contribution in [-0.2, 0) is 21.9 Å². The third-order valence-corrected chi connectivity index (χ3v) is 8.50. The topological polar surface area (TPSA) is 76.2 Å². The van der Waals surface area contributed by atoms with Crippen LogP contribution >= 0.6 is 0 Å². The monoisotopic (exact) mass is 645 g/mol. The number of hydrogen-bond acceptors (Lipinski definition) is 4. The SMILES string of the molecule is CC(=O)N1CCC(C(=O)NN2CCC(N(C)C(=O)N(C)c3cc(C(F)(F)F)cc(C(F)(F)F)c3)C(c3ccc(F)cc3)C2)CC1. The number of carbonyl (C=O) groups excluding carboxylic acids is 3. The molecular weight excluding hydrogens is 611 g/mol. The summed E-state index contributed by atoms with van der Waals surface area (Å²) in [4.78, 5) is 41.9. The molecule has 2 heterocycles. The third-order valence-electron chi connectivity index (χ3n) is 8.50. The Hall–Kier alpha value is -3.88. The molecule has 2 aromatic rings. The number of piperidine rings is 2. The largest absolute Gasteiger partial charge is 0.416 e. The molecule has 246 valence electrons. The fourth-order valence-electron chi connectivity index (χ4n) is 5.87. The Morgan fingerprint density at radius 2 is 1.40 bits per heavy atom. The van der Waals surface area contributed by atoms with Crippen LogP contribution in [0, 0.1) is 11.7 Å². The summed E-state index contributed by atoms with van der Waals surface area (Å²) in [6.45, 7) is 2.87. The van der Waals surface area contributed by atoms with E-state index in [0.29, 0.717) is 43.6 Å². The molecular formula is C30H34F7N5O3. The van der Waals surface area contributed by atoms with E-state index in [0.717, 1.165) is 11.9 Å². The Morgan fingerprint density at radius 3 is 1.91 bits per heavy atom. The Bertz CT molecular complexity index is 1360. The first-order valence-corrected chi connectivity index (χ1v) is 14.3. The van der Waals surface area contributed by atoms with Crippen molar-refractivity contribution in [3.05, 3.63) is 65.0 Å². The molecule has 2 saturated heterocycles. The maximum Gasteiger partial charge on any atom is 0.416 e. The van der Waals surface area contributed by atoms with E-state index in [4.69, 9.17) is 0 Å². The fraction of sp³-hybridized carbons (Fsp3) is 0.500. The summed E-state index contributed by atoms with van der Waals surface area (Å²) in [5, 5.41) is 1.69. The molecule has 0 spiro atoms. The number of hydrogen-bond donors (Lipinski definition) is 1. The van der Waals surface area contributed by atoms with Crippen molar-refractivity contribution in [3.8, 4) is 0 Å². The van der Waals surface area contributed by atoms with Gasteiger partial charge in [0.05, 0.1) is 11.1 Å². The van der Waals surface area contributed by atoms with Gasteiger partial charge in [-0.05, 0) is 55.2 Å². The molecule has 0 aliphatic carbocycles. The number of benzene rings is 2. The molecule has 0 aromatic heterocycles. The second-order valence-corrected chi connectivity index (χ2v) is 11.4. The smallest absolute Gasteiger partial charge is 0.343 e. The summed E-state index contributed by atoms with van der Waals surface area (Å²) < 4.78 is 94.5. The lowest BCUT2D eigenvalue weighted by molar-refractivity contribution is -0.143. The first-order valence-electron chi connectivity index (χ1n) is 14.3. The number of amides is 4. The second kappa shape index (κ2) is 13.2. The lowest BCUT2D eigenvalue weighted by Gasteiger charge is -2.44. The molecule has 2 atom stereocenters. The van der Waals surface area contributed by atoms with E-state index in [2.05, 4.69) is 5.43 Å². The molecule has 45 heavy (non-hydrogen) atoms. The lowest BCUT2D eigenvalue weighted by Crippen LogP contribution is -2.57. The van der Waals surface area contributed by atoms with Crippen LogP contribution < -0.4 is 10.3 Å². The van der Waals surface area contributed by atoms with Gasteiger partial charge in [0, 0.05) is 70.8 Å². The molecule has 2 aliphatic heterocycles. The number of anilines is 1. The van der Waals surface area contributed by atoms with Gasteiger partial charge in [-0.3, -0.25) is 19.9 Å². The van der Waals surface area contributed by atoms with Crippen molar-refractivity contribution in [2.24, 2.45) is 5.92 Å². The average molecular weight is 646 g/mol. The number of hydrazine groups is 1. The molecule has 0 radical (unpaired) electrons. The van der Waals surface area contributed by atoms with Gasteiger partial charge in [-0.1, -0.05) is 12.1 Å². The van der Waals surface area contributed by atoms with Gasteiger partial charge in [-0.15, -0.1) is 0 Å². The van der Waals surface area contributed by atoms with Crippen LogP contribution in [0.3, 0.4) is 0 Å². The molecule has 2 aliphatic rings. The van der Waals surface area contributed by atoms with Gasteiger partial charge in [0.15, 0.2) is 0 Å². The highest BCUT2D eigenvalue weighted by Gasteiger charge is 2.40. The number of likely N-dealkylation sites (tertiary alicyclic amines) is 1. The number of rotatable bonds is 5. The summed E-state index contributed by atoms with van der Waals surface area (Å²) >= 11 is 0. The lowest BCUT2D eigenvalue weighted by atomic mass is 9.85. The van der Waals surface area contributed by atoms with Gasteiger partial charge in [0.2, 0.25) is 11.8 Å².